The van der Waals surface area contributed by atoms with Crippen LogP contribution >= 0.6 is 23.4 Å². The number of halogens is 1. The van der Waals surface area contributed by atoms with E-state index in [1.54, 1.807) is 18.1 Å². The lowest BCUT2D eigenvalue weighted by Crippen LogP contribution is -2.27. The van der Waals surface area contributed by atoms with E-state index in [0.29, 0.717) is 6.04 Å². The molecule has 1 atom stereocenters. The molecule has 0 amide bonds. The molecule has 6 heteroatoms. The Morgan fingerprint density at radius 2 is 2.20 bits per heavy atom. The Hall–Kier alpha value is -1.04. The Kier molecular flexibility index (Phi) is 5.46. The van der Waals surface area contributed by atoms with Crippen LogP contribution in [0.2, 0.25) is 5.02 Å². The van der Waals surface area contributed by atoms with Crippen molar-refractivity contribution in [2.75, 3.05) is 5.75 Å². The number of hydrogen-bond acceptors (Lipinski definition) is 4. The summed E-state index contributed by atoms with van der Waals surface area (Å²) in [5.41, 5.74) is 6.18. The molecular formula is C14H19ClN4S. The number of nitrogens with two attached hydrogens (primary N) is 1. The Labute approximate surface area is 128 Å². The third-order valence-corrected chi connectivity index (χ3v) is 4.26. The lowest BCUT2D eigenvalue weighted by molar-refractivity contribution is 0.496. The zero-order valence-electron chi connectivity index (χ0n) is 11.7. The lowest BCUT2D eigenvalue weighted by Gasteiger charge is -2.13. The van der Waals surface area contributed by atoms with Gasteiger partial charge >= 0.3 is 0 Å². The van der Waals surface area contributed by atoms with Crippen molar-refractivity contribution in [1.29, 1.82) is 0 Å². The molecule has 0 radical (unpaired) electrons. The molecule has 4 nitrogen and oxygen atoms in total. The van der Waals surface area contributed by atoms with Gasteiger partial charge in [0.25, 0.3) is 0 Å². The fraction of sp³-hybridized carbons (Fsp3) is 0.429. The minimum atomic E-state index is 0.0423. The molecule has 1 aromatic heterocycles. The molecule has 2 aromatic rings. The Bertz CT molecular complexity index is 556. The van der Waals surface area contributed by atoms with E-state index in [2.05, 4.69) is 23.9 Å². The average molecular weight is 311 g/mol. The third kappa shape index (κ3) is 4.23. The Balaban J connectivity index is 1.89. The fourth-order valence-corrected chi connectivity index (χ4v) is 3.07. The quantitative estimate of drug-likeness (QED) is 0.833. The van der Waals surface area contributed by atoms with Gasteiger partial charge in [0.1, 0.15) is 12.2 Å². The first-order chi connectivity index (χ1) is 9.56. The van der Waals surface area contributed by atoms with Gasteiger partial charge in [-0.25, -0.2) is 9.67 Å². The topological polar surface area (TPSA) is 56.7 Å². The van der Waals surface area contributed by atoms with Crippen LogP contribution in [0.3, 0.4) is 0 Å². The molecule has 0 spiro atoms. The summed E-state index contributed by atoms with van der Waals surface area (Å²) in [7, 11) is 0. The van der Waals surface area contributed by atoms with Gasteiger partial charge in [0, 0.05) is 34.2 Å². The number of nitrogens with zero attached hydrogens (tertiary/aromatic N) is 3. The van der Waals surface area contributed by atoms with Crippen LogP contribution in [0, 0.1) is 0 Å². The highest BCUT2D eigenvalue weighted by Gasteiger charge is 2.12. The fourth-order valence-electron chi connectivity index (χ4n) is 1.90. The van der Waals surface area contributed by atoms with Crippen LogP contribution in [-0.4, -0.2) is 26.6 Å². The second kappa shape index (κ2) is 7.11. The van der Waals surface area contributed by atoms with Gasteiger partial charge in [0.2, 0.25) is 0 Å². The van der Waals surface area contributed by atoms with Crippen molar-refractivity contribution >= 4 is 23.4 Å². The Morgan fingerprint density at radius 3 is 2.90 bits per heavy atom. The van der Waals surface area contributed by atoms with E-state index in [1.807, 2.05) is 28.9 Å². The summed E-state index contributed by atoms with van der Waals surface area (Å²) >= 11 is 7.68. The van der Waals surface area contributed by atoms with Gasteiger partial charge < -0.3 is 5.73 Å². The van der Waals surface area contributed by atoms with Crippen LogP contribution in [0.25, 0.3) is 0 Å². The molecule has 1 aromatic carbocycles. The minimum Gasteiger partial charge on any atom is -0.327 e. The highest BCUT2D eigenvalue weighted by molar-refractivity contribution is 7.99. The third-order valence-electron chi connectivity index (χ3n) is 2.84. The maximum Gasteiger partial charge on any atom is 0.138 e. The summed E-state index contributed by atoms with van der Waals surface area (Å²) in [5.74, 6) is 1.77. The number of hydrogen-bond donors (Lipinski definition) is 1. The monoisotopic (exact) mass is 310 g/mol. The molecule has 0 saturated heterocycles. The highest BCUT2D eigenvalue weighted by atomic mass is 35.5. The summed E-state index contributed by atoms with van der Waals surface area (Å²) in [4.78, 5) is 5.43. The second-order valence-electron chi connectivity index (χ2n) is 4.95. The summed E-state index contributed by atoms with van der Waals surface area (Å²) in [6.45, 7) is 4.18. The summed E-state index contributed by atoms with van der Waals surface area (Å²) < 4.78 is 1.92. The van der Waals surface area contributed by atoms with Crippen LogP contribution in [0.1, 0.15) is 25.7 Å². The van der Waals surface area contributed by atoms with Crippen molar-refractivity contribution in [3.8, 4) is 0 Å². The first kappa shape index (κ1) is 15.4. The molecule has 1 heterocycles. The summed E-state index contributed by atoms with van der Waals surface area (Å²) in [6.07, 6.45) is 2.32. The predicted octanol–water partition coefficient (Wildman–Crippen LogP) is 3.17. The normalized spacial score (nSPS) is 12.8. The maximum atomic E-state index is 6.18. The number of benzene rings is 1. The summed E-state index contributed by atoms with van der Waals surface area (Å²) in [5, 5.41) is 4.98. The van der Waals surface area contributed by atoms with Gasteiger partial charge in [0.05, 0.1) is 0 Å². The SMILES string of the molecule is CC(C)n1ncnc1CC(N)CSc1cccc(Cl)c1. The van der Waals surface area contributed by atoms with Crippen LogP contribution in [0.5, 0.6) is 0 Å². The average Bonchev–Trinajstić information content (AvgIpc) is 2.85. The van der Waals surface area contributed by atoms with Gasteiger partial charge in [-0.3, -0.25) is 0 Å². The van der Waals surface area contributed by atoms with Crippen molar-refractivity contribution < 1.29 is 0 Å². The predicted molar refractivity (Wildman–Crippen MR) is 84.3 cm³/mol. The first-order valence-electron chi connectivity index (χ1n) is 6.58. The number of thioether (sulfide) groups is 1. The van der Waals surface area contributed by atoms with Crippen LogP contribution in [0.4, 0.5) is 0 Å². The van der Waals surface area contributed by atoms with E-state index in [1.165, 1.54) is 0 Å². The molecule has 0 aliphatic carbocycles. The smallest absolute Gasteiger partial charge is 0.138 e. The standard InChI is InChI=1S/C14H19ClN4S/c1-10(2)19-14(17-9-18-19)7-12(16)8-20-13-5-3-4-11(15)6-13/h3-6,9-10,12H,7-8,16H2,1-2H3. The van der Waals surface area contributed by atoms with Gasteiger partial charge in [-0.1, -0.05) is 17.7 Å². The lowest BCUT2D eigenvalue weighted by atomic mass is 10.2. The zero-order chi connectivity index (χ0) is 14.5. The van der Waals surface area contributed by atoms with E-state index in [0.717, 1.165) is 27.9 Å². The Morgan fingerprint density at radius 1 is 1.40 bits per heavy atom. The van der Waals surface area contributed by atoms with E-state index in [4.69, 9.17) is 17.3 Å². The zero-order valence-corrected chi connectivity index (χ0v) is 13.2. The molecule has 108 valence electrons. The molecule has 0 saturated carbocycles. The van der Waals surface area contributed by atoms with Gasteiger partial charge in [-0.05, 0) is 32.0 Å². The molecule has 2 N–H and O–H groups in total. The largest absolute Gasteiger partial charge is 0.327 e. The van der Waals surface area contributed by atoms with Gasteiger partial charge in [-0.15, -0.1) is 11.8 Å². The number of aromatic nitrogens is 3. The van der Waals surface area contributed by atoms with Gasteiger partial charge in [-0.2, -0.15) is 5.10 Å². The van der Waals surface area contributed by atoms with Gasteiger partial charge in [0.15, 0.2) is 0 Å². The highest BCUT2D eigenvalue weighted by Crippen LogP contribution is 2.22. The van der Waals surface area contributed by atoms with Crippen LogP contribution < -0.4 is 5.73 Å². The molecule has 0 bridgehead atoms. The molecule has 1 unspecified atom stereocenters. The molecule has 0 aliphatic rings. The van der Waals surface area contributed by atoms with Crippen molar-refractivity contribution in [2.24, 2.45) is 5.73 Å². The molecule has 2 rings (SSSR count). The molecular weight excluding hydrogens is 292 g/mol. The molecule has 0 fully saturated rings. The maximum absolute atomic E-state index is 6.18. The van der Waals surface area contributed by atoms with Crippen molar-refractivity contribution in [1.82, 2.24) is 14.8 Å². The number of rotatable bonds is 6. The van der Waals surface area contributed by atoms with E-state index < -0.39 is 0 Å². The first-order valence-corrected chi connectivity index (χ1v) is 7.95. The van der Waals surface area contributed by atoms with Crippen LogP contribution in [0.15, 0.2) is 35.5 Å². The van der Waals surface area contributed by atoms with E-state index in [9.17, 15) is 0 Å². The molecule has 20 heavy (non-hydrogen) atoms. The molecule has 0 aliphatic heterocycles. The minimum absolute atomic E-state index is 0.0423. The van der Waals surface area contributed by atoms with Crippen molar-refractivity contribution in [2.45, 2.75) is 37.2 Å². The van der Waals surface area contributed by atoms with Crippen LogP contribution in [-0.2, 0) is 6.42 Å². The van der Waals surface area contributed by atoms with Crippen molar-refractivity contribution in [3.63, 3.8) is 0 Å². The van der Waals surface area contributed by atoms with E-state index >= 15 is 0 Å². The van der Waals surface area contributed by atoms with Crippen molar-refractivity contribution in [3.05, 3.63) is 41.4 Å². The summed E-state index contributed by atoms with van der Waals surface area (Å²) in [6, 6.07) is 8.17. The van der Waals surface area contributed by atoms with E-state index in [-0.39, 0.29) is 6.04 Å². The second-order valence-corrected chi connectivity index (χ2v) is 6.48.